The van der Waals surface area contributed by atoms with Crippen molar-refractivity contribution < 1.29 is 19.4 Å². The summed E-state index contributed by atoms with van der Waals surface area (Å²) in [4.78, 5) is 23.0. The van der Waals surface area contributed by atoms with Crippen molar-refractivity contribution in [1.82, 2.24) is 5.32 Å². The first-order chi connectivity index (χ1) is 8.68. The van der Waals surface area contributed by atoms with E-state index in [4.69, 9.17) is 9.84 Å². The maximum absolute atomic E-state index is 12.0. The van der Waals surface area contributed by atoms with Crippen LogP contribution in [-0.4, -0.2) is 36.7 Å². The van der Waals surface area contributed by atoms with Gasteiger partial charge >= 0.3 is 5.97 Å². The van der Waals surface area contributed by atoms with Crippen molar-refractivity contribution in [3.8, 4) is 0 Å². The summed E-state index contributed by atoms with van der Waals surface area (Å²) in [6, 6.07) is 0. The van der Waals surface area contributed by atoms with E-state index >= 15 is 0 Å². The van der Waals surface area contributed by atoms with Crippen LogP contribution in [0.4, 0.5) is 0 Å². The molecule has 2 aliphatic rings. The Balaban J connectivity index is 1.78. The van der Waals surface area contributed by atoms with Crippen molar-refractivity contribution in [2.24, 2.45) is 17.8 Å². The summed E-state index contributed by atoms with van der Waals surface area (Å²) in [7, 11) is 0. The van der Waals surface area contributed by atoms with Crippen LogP contribution < -0.4 is 5.32 Å². The second kappa shape index (κ2) is 6.18. The van der Waals surface area contributed by atoms with Gasteiger partial charge in [-0.3, -0.25) is 9.59 Å². The largest absolute Gasteiger partial charge is 0.481 e. The fourth-order valence-electron chi connectivity index (χ4n) is 2.90. The van der Waals surface area contributed by atoms with E-state index in [9.17, 15) is 9.59 Å². The molecule has 1 amide bonds. The van der Waals surface area contributed by atoms with Crippen LogP contribution in [0.2, 0.25) is 0 Å². The lowest BCUT2D eigenvalue weighted by atomic mass is 9.94. The highest BCUT2D eigenvalue weighted by Crippen LogP contribution is 2.32. The molecule has 1 aliphatic heterocycles. The van der Waals surface area contributed by atoms with E-state index in [-0.39, 0.29) is 11.8 Å². The molecule has 2 rings (SSSR count). The van der Waals surface area contributed by atoms with Crippen LogP contribution in [0.1, 0.15) is 32.1 Å². The van der Waals surface area contributed by atoms with Gasteiger partial charge in [0.15, 0.2) is 0 Å². The van der Waals surface area contributed by atoms with Crippen LogP contribution in [0.15, 0.2) is 0 Å². The molecule has 18 heavy (non-hydrogen) atoms. The van der Waals surface area contributed by atoms with E-state index in [1.165, 1.54) is 0 Å². The fourth-order valence-corrected chi connectivity index (χ4v) is 2.90. The molecule has 2 fully saturated rings. The Morgan fingerprint density at radius 2 is 1.78 bits per heavy atom. The van der Waals surface area contributed by atoms with E-state index in [0.29, 0.717) is 25.3 Å². The zero-order valence-corrected chi connectivity index (χ0v) is 10.6. The highest BCUT2D eigenvalue weighted by Gasteiger charge is 2.37. The minimum atomic E-state index is -0.835. The van der Waals surface area contributed by atoms with Crippen LogP contribution in [0.25, 0.3) is 0 Å². The minimum Gasteiger partial charge on any atom is -0.481 e. The highest BCUT2D eigenvalue weighted by molar-refractivity contribution is 5.85. The fraction of sp³-hybridized carbons (Fsp3) is 0.846. The van der Waals surface area contributed by atoms with Crippen LogP contribution in [0.3, 0.4) is 0 Å². The van der Waals surface area contributed by atoms with Gasteiger partial charge in [0.25, 0.3) is 0 Å². The number of aliphatic carboxylic acids is 1. The summed E-state index contributed by atoms with van der Waals surface area (Å²) < 4.78 is 5.26. The van der Waals surface area contributed by atoms with Crippen LogP contribution in [-0.2, 0) is 14.3 Å². The molecule has 0 spiro atoms. The molecule has 0 aromatic carbocycles. The van der Waals surface area contributed by atoms with Gasteiger partial charge in [0, 0.05) is 19.8 Å². The maximum atomic E-state index is 12.0. The maximum Gasteiger partial charge on any atom is 0.307 e. The zero-order chi connectivity index (χ0) is 13.0. The van der Waals surface area contributed by atoms with Gasteiger partial charge in [-0.15, -0.1) is 0 Å². The Bertz CT molecular complexity index is 312. The minimum absolute atomic E-state index is 0.0774. The molecule has 1 saturated carbocycles. The number of carbonyl (C=O) groups excluding carboxylic acids is 1. The number of hydrogen-bond donors (Lipinski definition) is 2. The number of carboxylic acids is 1. The van der Waals surface area contributed by atoms with Crippen molar-refractivity contribution in [1.29, 1.82) is 0 Å². The van der Waals surface area contributed by atoms with Gasteiger partial charge in [0.2, 0.25) is 5.91 Å². The Kier molecular flexibility index (Phi) is 4.58. The molecule has 1 saturated heterocycles. The van der Waals surface area contributed by atoms with E-state index in [0.717, 1.165) is 32.5 Å². The first-order valence-electron chi connectivity index (χ1n) is 6.76. The topological polar surface area (TPSA) is 75.6 Å². The molecule has 5 nitrogen and oxygen atoms in total. The summed E-state index contributed by atoms with van der Waals surface area (Å²) in [5, 5.41) is 12.0. The van der Waals surface area contributed by atoms with Crippen molar-refractivity contribution >= 4 is 11.9 Å². The van der Waals surface area contributed by atoms with Gasteiger partial charge in [-0.05, 0) is 31.6 Å². The molecule has 102 valence electrons. The number of hydrogen-bond acceptors (Lipinski definition) is 3. The predicted octanol–water partition coefficient (Wildman–Crippen LogP) is 1.03. The highest BCUT2D eigenvalue weighted by atomic mass is 16.5. The lowest BCUT2D eigenvalue weighted by Gasteiger charge is -2.23. The van der Waals surface area contributed by atoms with E-state index in [1.54, 1.807) is 0 Å². The second-order valence-electron chi connectivity index (χ2n) is 5.28. The number of nitrogens with one attached hydrogen (secondary N) is 1. The van der Waals surface area contributed by atoms with Gasteiger partial charge in [-0.2, -0.15) is 0 Å². The SMILES string of the molecule is O=C(O)[C@H]1CCC[C@H]1C(=O)NCC1CCOCC1. The van der Waals surface area contributed by atoms with E-state index < -0.39 is 11.9 Å². The predicted molar refractivity (Wildman–Crippen MR) is 65.0 cm³/mol. The molecular formula is C13H21NO4. The zero-order valence-electron chi connectivity index (χ0n) is 10.6. The van der Waals surface area contributed by atoms with Gasteiger partial charge in [-0.1, -0.05) is 6.42 Å². The molecule has 2 atom stereocenters. The average molecular weight is 255 g/mol. The first kappa shape index (κ1) is 13.3. The third-order valence-corrected chi connectivity index (χ3v) is 4.08. The lowest BCUT2D eigenvalue weighted by molar-refractivity contribution is -0.146. The molecule has 0 bridgehead atoms. The van der Waals surface area contributed by atoms with Crippen LogP contribution >= 0.6 is 0 Å². The summed E-state index contributed by atoms with van der Waals surface area (Å²) >= 11 is 0. The molecule has 0 aromatic heterocycles. The van der Waals surface area contributed by atoms with Crippen LogP contribution in [0.5, 0.6) is 0 Å². The monoisotopic (exact) mass is 255 g/mol. The van der Waals surface area contributed by atoms with Gasteiger partial charge in [0.1, 0.15) is 0 Å². The third-order valence-electron chi connectivity index (χ3n) is 4.08. The molecule has 0 radical (unpaired) electrons. The second-order valence-corrected chi connectivity index (χ2v) is 5.28. The summed E-state index contributed by atoms with van der Waals surface area (Å²) in [6.07, 6.45) is 4.13. The van der Waals surface area contributed by atoms with Gasteiger partial charge in [0.05, 0.1) is 11.8 Å². The van der Waals surface area contributed by atoms with Crippen molar-refractivity contribution in [2.75, 3.05) is 19.8 Å². The number of rotatable bonds is 4. The van der Waals surface area contributed by atoms with Crippen molar-refractivity contribution in [3.63, 3.8) is 0 Å². The van der Waals surface area contributed by atoms with E-state index in [1.807, 2.05) is 0 Å². The smallest absolute Gasteiger partial charge is 0.307 e. The molecule has 1 aliphatic carbocycles. The Hall–Kier alpha value is -1.10. The van der Waals surface area contributed by atoms with E-state index in [2.05, 4.69) is 5.32 Å². The summed E-state index contributed by atoms with van der Waals surface area (Å²) in [5.41, 5.74) is 0. The quantitative estimate of drug-likeness (QED) is 0.786. The number of ether oxygens (including phenoxy) is 1. The van der Waals surface area contributed by atoms with Crippen molar-refractivity contribution in [3.05, 3.63) is 0 Å². The molecule has 5 heteroatoms. The normalized spacial score (nSPS) is 29.1. The Morgan fingerprint density at radius 1 is 1.11 bits per heavy atom. The van der Waals surface area contributed by atoms with Gasteiger partial charge < -0.3 is 15.2 Å². The summed E-state index contributed by atoms with van der Waals surface area (Å²) in [6.45, 7) is 2.19. The molecule has 1 heterocycles. The number of amides is 1. The Morgan fingerprint density at radius 3 is 2.44 bits per heavy atom. The molecular weight excluding hydrogens is 234 g/mol. The molecule has 0 aromatic rings. The van der Waals surface area contributed by atoms with Crippen molar-refractivity contribution in [2.45, 2.75) is 32.1 Å². The van der Waals surface area contributed by atoms with Gasteiger partial charge in [-0.25, -0.2) is 0 Å². The standard InChI is InChI=1S/C13H21NO4/c15-12(10-2-1-3-11(10)13(16)17)14-8-9-4-6-18-7-5-9/h9-11H,1-8H2,(H,14,15)(H,16,17)/t10-,11+/m1/s1. The van der Waals surface area contributed by atoms with Crippen LogP contribution in [0, 0.1) is 17.8 Å². The lowest BCUT2D eigenvalue weighted by Crippen LogP contribution is -2.38. The molecule has 2 N–H and O–H groups in total. The Labute approximate surface area is 107 Å². The first-order valence-corrected chi connectivity index (χ1v) is 6.76. The number of carboxylic acid groups (broad SMARTS) is 1. The number of carbonyl (C=O) groups is 2. The summed E-state index contributed by atoms with van der Waals surface area (Å²) in [5.74, 6) is -1.25. The molecule has 0 unspecified atom stereocenters. The third kappa shape index (κ3) is 3.22. The average Bonchev–Trinajstić information content (AvgIpc) is 2.86.